The number of benzene rings is 1. The standard InChI is InChI=1S/C16H22FNO2/c1-11-4-7-13(10-11)18-15(19)16(2,3)20-14-8-5-12(17)6-9-14/h5-6,8-9,11,13H,4,7,10H2,1-3H3,(H,18,19). The van der Waals surface area contributed by atoms with Crippen molar-refractivity contribution in [1.29, 1.82) is 0 Å². The van der Waals surface area contributed by atoms with Crippen LogP contribution in [0.5, 0.6) is 5.75 Å². The summed E-state index contributed by atoms with van der Waals surface area (Å²) in [5.41, 5.74) is -0.969. The van der Waals surface area contributed by atoms with Crippen molar-refractivity contribution >= 4 is 5.91 Å². The Labute approximate surface area is 119 Å². The predicted molar refractivity (Wildman–Crippen MR) is 76.1 cm³/mol. The highest BCUT2D eigenvalue weighted by atomic mass is 19.1. The van der Waals surface area contributed by atoms with Crippen molar-refractivity contribution in [3.8, 4) is 5.75 Å². The molecule has 2 unspecified atom stereocenters. The van der Waals surface area contributed by atoms with Gasteiger partial charge in [0, 0.05) is 6.04 Å². The highest BCUT2D eigenvalue weighted by molar-refractivity contribution is 5.85. The van der Waals surface area contributed by atoms with Gasteiger partial charge >= 0.3 is 0 Å². The van der Waals surface area contributed by atoms with E-state index in [-0.39, 0.29) is 17.8 Å². The smallest absolute Gasteiger partial charge is 0.263 e. The van der Waals surface area contributed by atoms with E-state index in [0.717, 1.165) is 19.3 Å². The summed E-state index contributed by atoms with van der Waals surface area (Å²) >= 11 is 0. The lowest BCUT2D eigenvalue weighted by Crippen LogP contribution is -2.49. The zero-order chi connectivity index (χ0) is 14.8. The lowest BCUT2D eigenvalue weighted by atomic mass is 10.1. The molecular formula is C16H22FNO2. The van der Waals surface area contributed by atoms with Crippen LogP contribution in [0, 0.1) is 11.7 Å². The van der Waals surface area contributed by atoms with Gasteiger partial charge in [-0.05, 0) is 63.3 Å². The van der Waals surface area contributed by atoms with Crippen LogP contribution < -0.4 is 10.1 Å². The summed E-state index contributed by atoms with van der Waals surface area (Å²) in [6, 6.07) is 5.95. The lowest BCUT2D eigenvalue weighted by molar-refractivity contribution is -0.134. The fourth-order valence-corrected chi connectivity index (χ4v) is 2.54. The van der Waals surface area contributed by atoms with E-state index in [0.29, 0.717) is 11.7 Å². The fourth-order valence-electron chi connectivity index (χ4n) is 2.54. The Balaban J connectivity index is 1.94. The molecule has 0 radical (unpaired) electrons. The van der Waals surface area contributed by atoms with Gasteiger partial charge in [0.1, 0.15) is 11.6 Å². The van der Waals surface area contributed by atoms with E-state index in [2.05, 4.69) is 12.2 Å². The van der Waals surface area contributed by atoms with Crippen LogP contribution in [-0.2, 0) is 4.79 Å². The zero-order valence-corrected chi connectivity index (χ0v) is 12.3. The van der Waals surface area contributed by atoms with Crippen molar-refractivity contribution in [3.63, 3.8) is 0 Å². The van der Waals surface area contributed by atoms with E-state index in [9.17, 15) is 9.18 Å². The number of nitrogens with one attached hydrogen (secondary N) is 1. The highest BCUT2D eigenvalue weighted by Crippen LogP contribution is 2.26. The number of amides is 1. The summed E-state index contributed by atoms with van der Waals surface area (Å²) in [5, 5.41) is 3.04. The van der Waals surface area contributed by atoms with Gasteiger partial charge in [-0.1, -0.05) is 6.92 Å². The van der Waals surface area contributed by atoms with Gasteiger partial charge in [-0.2, -0.15) is 0 Å². The van der Waals surface area contributed by atoms with Gasteiger partial charge in [0.15, 0.2) is 5.60 Å². The number of hydrogen-bond acceptors (Lipinski definition) is 2. The molecule has 1 N–H and O–H groups in total. The molecule has 1 aliphatic carbocycles. The average molecular weight is 279 g/mol. The van der Waals surface area contributed by atoms with E-state index < -0.39 is 5.60 Å². The minimum absolute atomic E-state index is 0.124. The summed E-state index contributed by atoms with van der Waals surface area (Å²) in [5.74, 6) is 0.716. The lowest BCUT2D eigenvalue weighted by Gasteiger charge is -2.27. The molecule has 1 fully saturated rings. The van der Waals surface area contributed by atoms with Crippen LogP contribution in [-0.4, -0.2) is 17.6 Å². The number of carbonyl (C=O) groups is 1. The van der Waals surface area contributed by atoms with Gasteiger partial charge in [-0.25, -0.2) is 4.39 Å². The Morgan fingerprint density at radius 2 is 1.95 bits per heavy atom. The molecule has 1 aliphatic rings. The van der Waals surface area contributed by atoms with Gasteiger partial charge in [0.25, 0.3) is 5.91 Å². The molecule has 110 valence electrons. The van der Waals surface area contributed by atoms with Crippen molar-refractivity contribution in [1.82, 2.24) is 5.32 Å². The second-order valence-electron chi connectivity index (χ2n) is 6.15. The molecule has 4 heteroatoms. The topological polar surface area (TPSA) is 38.3 Å². The Morgan fingerprint density at radius 3 is 2.50 bits per heavy atom. The predicted octanol–water partition coefficient (Wildman–Crippen LogP) is 3.29. The van der Waals surface area contributed by atoms with Crippen LogP contribution >= 0.6 is 0 Å². The van der Waals surface area contributed by atoms with Crippen LogP contribution in [0.25, 0.3) is 0 Å². The van der Waals surface area contributed by atoms with Gasteiger partial charge in [-0.3, -0.25) is 4.79 Å². The summed E-state index contributed by atoms with van der Waals surface area (Å²) in [4.78, 5) is 12.3. The highest BCUT2D eigenvalue weighted by Gasteiger charge is 2.33. The van der Waals surface area contributed by atoms with Crippen molar-refractivity contribution < 1.29 is 13.9 Å². The summed E-state index contributed by atoms with van der Waals surface area (Å²) in [6.45, 7) is 5.65. The largest absolute Gasteiger partial charge is 0.478 e. The Hall–Kier alpha value is -1.58. The third kappa shape index (κ3) is 3.71. The van der Waals surface area contributed by atoms with Crippen molar-refractivity contribution in [2.24, 2.45) is 5.92 Å². The molecule has 0 aromatic heterocycles. The molecule has 2 atom stereocenters. The maximum Gasteiger partial charge on any atom is 0.263 e. The third-order valence-electron chi connectivity index (χ3n) is 3.76. The van der Waals surface area contributed by atoms with Crippen molar-refractivity contribution in [3.05, 3.63) is 30.1 Å². The molecule has 1 aromatic rings. The summed E-state index contributed by atoms with van der Waals surface area (Å²) in [6.07, 6.45) is 3.21. The Morgan fingerprint density at radius 1 is 1.30 bits per heavy atom. The van der Waals surface area contributed by atoms with Crippen LogP contribution in [0.15, 0.2) is 24.3 Å². The van der Waals surface area contributed by atoms with Gasteiger partial charge in [-0.15, -0.1) is 0 Å². The van der Waals surface area contributed by atoms with E-state index in [1.807, 2.05) is 0 Å². The van der Waals surface area contributed by atoms with Crippen LogP contribution in [0.4, 0.5) is 4.39 Å². The monoisotopic (exact) mass is 279 g/mol. The molecule has 1 aromatic carbocycles. The maximum absolute atomic E-state index is 12.9. The van der Waals surface area contributed by atoms with E-state index in [1.165, 1.54) is 24.3 Å². The number of ether oxygens (including phenoxy) is 1. The first-order valence-corrected chi connectivity index (χ1v) is 7.12. The number of hydrogen-bond donors (Lipinski definition) is 1. The van der Waals surface area contributed by atoms with E-state index in [4.69, 9.17) is 4.74 Å². The fraction of sp³-hybridized carbons (Fsp3) is 0.562. The molecule has 1 amide bonds. The molecule has 20 heavy (non-hydrogen) atoms. The second-order valence-corrected chi connectivity index (χ2v) is 6.15. The van der Waals surface area contributed by atoms with Crippen LogP contribution in [0.3, 0.4) is 0 Å². The van der Waals surface area contributed by atoms with Crippen molar-refractivity contribution in [2.45, 2.75) is 51.7 Å². The molecule has 2 rings (SSSR count). The Bertz CT molecular complexity index is 470. The molecule has 0 bridgehead atoms. The molecule has 0 spiro atoms. The summed E-state index contributed by atoms with van der Waals surface area (Å²) < 4.78 is 18.5. The molecule has 0 heterocycles. The van der Waals surface area contributed by atoms with Crippen molar-refractivity contribution in [2.75, 3.05) is 0 Å². The first kappa shape index (κ1) is 14.8. The van der Waals surface area contributed by atoms with Gasteiger partial charge < -0.3 is 10.1 Å². The van der Waals surface area contributed by atoms with Crippen LogP contribution in [0.1, 0.15) is 40.0 Å². The second kappa shape index (κ2) is 5.81. The maximum atomic E-state index is 12.9. The third-order valence-corrected chi connectivity index (χ3v) is 3.76. The van der Waals surface area contributed by atoms with Gasteiger partial charge in [0.05, 0.1) is 0 Å². The Kier molecular flexibility index (Phi) is 4.31. The average Bonchev–Trinajstić information content (AvgIpc) is 2.77. The zero-order valence-electron chi connectivity index (χ0n) is 12.3. The summed E-state index contributed by atoms with van der Waals surface area (Å²) in [7, 11) is 0. The first-order chi connectivity index (χ1) is 9.37. The minimum atomic E-state index is -0.969. The number of carbonyl (C=O) groups excluding carboxylic acids is 1. The normalized spacial score (nSPS) is 22.6. The number of halogens is 1. The molecular weight excluding hydrogens is 257 g/mol. The first-order valence-electron chi connectivity index (χ1n) is 7.12. The SMILES string of the molecule is CC1CCC(NC(=O)C(C)(C)Oc2ccc(F)cc2)C1. The molecule has 1 saturated carbocycles. The molecule has 0 aliphatic heterocycles. The quantitative estimate of drug-likeness (QED) is 0.918. The molecule has 0 saturated heterocycles. The van der Waals surface area contributed by atoms with Gasteiger partial charge in [0.2, 0.25) is 0 Å². The van der Waals surface area contributed by atoms with Crippen LogP contribution in [0.2, 0.25) is 0 Å². The van der Waals surface area contributed by atoms with E-state index in [1.54, 1.807) is 13.8 Å². The number of rotatable bonds is 4. The molecule has 3 nitrogen and oxygen atoms in total. The minimum Gasteiger partial charge on any atom is -0.478 e. The van der Waals surface area contributed by atoms with E-state index >= 15 is 0 Å².